The van der Waals surface area contributed by atoms with Crippen LogP contribution in [-0.4, -0.2) is 14.4 Å². The Labute approximate surface area is 112 Å². The van der Waals surface area contributed by atoms with Crippen molar-refractivity contribution in [3.05, 3.63) is 41.9 Å². The summed E-state index contributed by atoms with van der Waals surface area (Å²) in [4.78, 5) is 6.89. The van der Waals surface area contributed by atoms with Crippen LogP contribution in [0.2, 0.25) is 0 Å². The number of rotatable bonds is 0. The molecular formula is C12H5F6N3. The SMILES string of the molecule is FC(F)(F)c1cn2c(n1)c(C(F)(F)F)cc1cccnc12. The van der Waals surface area contributed by atoms with Crippen molar-refractivity contribution in [1.82, 2.24) is 14.4 Å². The molecule has 9 heteroatoms. The van der Waals surface area contributed by atoms with E-state index in [9.17, 15) is 26.3 Å². The van der Waals surface area contributed by atoms with Gasteiger partial charge in [-0.1, -0.05) is 0 Å². The normalized spacial score (nSPS) is 13.2. The number of hydrogen-bond donors (Lipinski definition) is 0. The fraction of sp³-hybridized carbons (Fsp3) is 0.167. The molecule has 0 saturated carbocycles. The second-order valence-electron chi connectivity index (χ2n) is 4.29. The predicted molar refractivity (Wildman–Crippen MR) is 60.5 cm³/mol. The van der Waals surface area contributed by atoms with E-state index in [1.54, 1.807) is 0 Å². The summed E-state index contributed by atoms with van der Waals surface area (Å²) < 4.78 is 77.7. The average Bonchev–Trinajstić information content (AvgIpc) is 2.81. The molecule has 3 aromatic rings. The Hall–Kier alpha value is -2.32. The first-order valence-corrected chi connectivity index (χ1v) is 5.59. The van der Waals surface area contributed by atoms with Crippen molar-refractivity contribution in [2.75, 3.05) is 0 Å². The van der Waals surface area contributed by atoms with Gasteiger partial charge in [-0.25, -0.2) is 9.97 Å². The molecule has 0 amide bonds. The third-order valence-corrected chi connectivity index (χ3v) is 2.89. The zero-order valence-corrected chi connectivity index (χ0v) is 10.00. The molecule has 0 radical (unpaired) electrons. The van der Waals surface area contributed by atoms with Crippen LogP contribution in [0.3, 0.4) is 0 Å². The lowest BCUT2D eigenvalue weighted by Crippen LogP contribution is -2.09. The van der Waals surface area contributed by atoms with E-state index in [0.29, 0.717) is 10.6 Å². The second kappa shape index (κ2) is 4.09. The molecule has 21 heavy (non-hydrogen) atoms. The van der Waals surface area contributed by atoms with Crippen molar-refractivity contribution in [3.8, 4) is 0 Å². The number of fused-ring (bicyclic) bond motifs is 3. The van der Waals surface area contributed by atoms with Crippen LogP contribution in [0.5, 0.6) is 0 Å². The molecule has 0 atom stereocenters. The molecule has 0 aliphatic carbocycles. The van der Waals surface area contributed by atoms with E-state index in [4.69, 9.17) is 0 Å². The van der Waals surface area contributed by atoms with Gasteiger partial charge >= 0.3 is 12.4 Å². The summed E-state index contributed by atoms with van der Waals surface area (Å²) in [5.41, 5.74) is -3.48. The first-order chi connectivity index (χ1) is 9.68. The molecule has 0 N–H and O–H groups in total. The van der Waals surface area contributed by atoms with Crippen molar-refractivity contribution >= 4 is 16.7 Å². The average molecular weight is 305 g/mol. The van der Waals surface area contributed by atoms with E-state index >= 15 is 0 Å². The molecule has 0 aliphatic heterocycles. The summed E-state index contributed by atoms with van der Waals surface area (Å²) in [5.74, 6) is 0. The molecule has 3 heterocycles. The van der Waals surface area contributed by atoms with Crippen LogP contribution in [0.4, 0.5) is 26.3 Å². The zero-order valence-electron chi connectivity index (χ0n) is 10.00. The van der Waals surface area contributed by atoms with Crippen LogP contribution in [0.1, 0.15) is 11.3 Å². The molecular weight excluding hydrogens is 300 g/mol. The predicted octanol–water partition coefficient (Wildman–Crippen LogP) is 3.92. The molecule has 0 aromatic carbocycles. The molecule has 3 aromatic heterocycles. The van der Waals surface area contributed by atoms with Gasteiger partial charge in [-0.15, -0.1) is 0 Å². The standard InChI is InChI=1S/C12H5F6N3/c13-11(14,15)7-4-6-2-1-3-19-9(6)21-5-8(12(16,17)18)20-10(7)21/h1-5H. The van der Waals surface area contributed by atoms with E-state index in [1.165, 1.54) is 18.3 Å². The van der Waals surface area contributed by atoms with Gasteiger partial charge in [0.1, 0.15) is 5.65 Å². The van der Waals surface area contributed by atoms with Crippen LogP contribution >= 0.6 is 0 Å². The molecule has 3 nitrogen and oxygen atoms in total. The number of hydrogen-bond acceptors (Lipinski definition) is 2. The fourth-order valence-corrected chi connectivity index (χ4v) is 2.02. The van der Waals surface area contributed by atoms with E-state index < -0.39 is 29.3 Å². The maximum atomic E-state index is 13.0. The van der Waals surface area contributed by atoms with Crippen molar-refractivity contribution < 1.29 is 26.3 Å². The minimum atomic E-state index is -4.84. The Kier molecular flexibility index (Phi) is 2.66. The van der Waals surface area contributed by atoms with Crippen molar-refractivity contribution in [2.24, 2.45) is 0 Å². The van der Waals surface area contributed by atoms with Crippen LogP contribution < -0.4 is 0 Å². The number of alkyl halides is 6. The Bertz CT molecular complexity index is 830. The Balaban J connectivity index is 2.48. The largest absolute Gasteiger partial charge is 0.434 e. The quantitative estimate of drug-likeness (QED) is 0.589. The van der Waals surface area contributed by atoms with Gasteiger partial charge in [0.15, 0.2) is 11.3 Å². The summed E-state index contributed by atoms with van der Waals surface area (Å²) in [7, 11) is 0. The minimum Gasteiger partial charge on any atom is -0.283 e. The number of halogens is 6. The monoisotopic (exact) mass is 305 g/mol. The van der Waals surface area contributed by atoms with E-state index in [0.717, 1.165) is 6.07 Å². The van der Waals surface area contributed by atoms with Crippen molar-refractivity contribution in [3.63, 3.8) is 0 Å². The molecule has 0 aliphatic rings. The fourth-order valence-electron chi connectivity index (χ4n) is 2.02. The highest BCUT2D eigenvalue weighted by molar-refractivity contribution is 5.80. The molecule has 0 fully saturated rings. The van der Waals surface area contributed by atoms with E-state index in [1.807, 2.05) is 0 Å². The van der Waals surface area contributed by atoms with Crippen LogP contribution in [0.25, 0.3) is 16.7 Å². The van der Waals surface area contributed by atoms with E-state index in [2.05, 4.69) is 9.97 Å². The maximum absolute atomic E-state index is 13.0. The van der Waals surface area contributed by atoms with Crippen LogP contribution in [0, 0.1) is 0 Å². The van der Waals surface area contributed by atoms with Gasteiger partial charge in [0.25, 0.3) is 0 Å². The van der Waals surface area contributed by atoms with E-state index in [-0.39, 0.29) is 11.0 Å². The third kappa shape index (κ3) is 2.18. The highest BCUT2D eigenvalue weighted by atomic mass is 19.4. The number of nitrogens with zero attached hydrogens (tertiary/aromatic N) is 3. The Morgan fingerprint density at radius 3 is 2.29 bits per heavy atom. The lowest BCUT2D eigenvalue weighted by molar-refractivity contribution is -0.141. The summed E-state index contributed by atoms with van der Waals surface area (Å²) in [5, 5.41) is 0.0726. The van der Waals surface area contributed by atoms with Gasteiger partial charge in [0.2, 0.25) is 0 Å². The Morgan fingerprint density at radius 1 is 0.952 bits per heavy atom. The number of imidazole rings is 1. The first kappa shape index (κ1) is 13.7. The third-order valence-electron chi connectivity index (χ3n) is 2.89. The highest BCUT2D eigenvalue weighted by Crippen LogP contribution is 2.36. The highest BCUT2D eigenvalue weighted by Gasteiger charge is 2.38. The zero-order chi connectivity index (χ0) is 15.4. The summed E-state index contributed by atoms with van der Waals surface area (Å²) in [6.07, 6.45) is -7.86. The second-order valence-corrected chi connectivity index (χ2v) is 4.29. The molecule has 0 saturated heterocycles. The van der Waals surface area contributed by atoms with Crippen LogP contribution in [-0.2, 0) is 12.4 Å². The summed E-state index contributed by atoms with van der Waals surface area (Å²) in [6, 6.07) is 3.48. The lowest BCUT2D eigenvalue weighted by Gasteiger charge is -2.10. The molecule has 110 valence electrons. The molecule has 0 spiro atoms. The molecule has 0 unspecified atom stereocenters. The van der Waals surface area contributed by atoms with Gasteiger partial charge in [0, 0.05) is 17.8 Å². The summed E-state index contributed by atoms with van der Waals surface area (Å²) in [6.45, 7) is 0. The number of aromatic nitrogens is 3. The van der Waals surface area contributed by atoms with Gasteiger partial charge < -0.3 is 0 Å². The van der Waals surface area contributed by atoms with Gasteiger partial charge in [-0.05, 0) is 18.2 Å². The number of pyridine rings is 2. The smallest absolute Gasteiger partial charge is 0.283 e. The van der Waals surface area contributed by atoms with Crippen LogP contribution in [0.15, 0.2) is 30.6 Å². The maximum Gasteiger partial charge on any atom is 0.434 e. The van der Waals surface area contributed by atoms with Gasteiger partial charge in [-0.3, -0.25) is 4.40 Å². The molecule has 0 bridgehead atoms. The Morgan fingerprint density at radius 2 is 1.67 bits per heavy atom. The van der Waals surface area contributed by atoms with Crippen molar-refractivity contribution in [1.29, 1.82) is 0 Å². The van der Waals surface area contributed by atoms with Crippen molar-refractivity contribution in [2.45, 2.75) is 12.4 Å². The van der Waals surface area contributed by atoms with Gasteiger partial charge in [-0.2, -0.15) is 26.3 Å². The molecule has 3 rings (SSSR count). The minimum absolute atomic E-state index is 0.0245. The summed E-state index contributed by atoms with van der Waals surface area (Å²) >= 11 is 0. The van der Waals surface area contributed by atoms with Gasteiger partial charge in [0.05, 0.1) is 5.56 Å². The lowest BCUT2D eigenvalue weighted by atomic mass is 10.2. The first-order valence-electron chi connectivity index (χ1n) is 5.59. The topological polar surface area (TPSA) is 30.2 Å².